The molecule has 25 heavy (non-hydrogen) atoms. The lowest BCUT2D eigenvalue weighted by Crippen LogP contribution is -2.40. The second kappa shape index (κ2) is 5.93. The van der Waals surface area contributed by atoms with Gasteiger partial charge in [0.05, 0.1) is 13.7 Å². The number of hydrogen-bond acceptors (Lipinski definition) is 6. The Hall–Kier alpha value is -1.18. The maximum atomic E-state index is 6.36. The van der Waals surface area contributed by atoms with Crippen molar-refractivity contribution in [3.8, 4) is 5.75 Å². The monoisotopic (exact) mass is 350 g/mol. The first kappa shape index (κ1) is 17.2. The van der Waals surface area contributed by atoms with Gasteiger partial charge in [-0.25, -0.2) is 0 Å². The molecule has 6 nitrogen and oxygen atoms in total. The Balaban J connectivity index is 1.60. The molecule has 0 aliphatic carbocycles. The summed E-state index contributed by atoms with van der Waals surface area (Å²) in [6, 6.07) is 7.88. The van der Waals surface area contributed by atoms with Gasteiger partial charge in [-0.1, -0.05) is 12.1 Å². The van der Waals surface area contributed by atoms with Crippen molar-refractivity contribution in [2.75, 3.05) is 13.7 Å². The Bertz CT molecular complexity index is 625. The predicted molar refractivity (Wildman–Crippen MR) is 89.3 cm³/mol. The summed E-state index contributed by atoms with van der Waals surface area (Å²) in [5, 5.41) is 0. The Morgan fingerprint density at radius 2 is 1.56 bits per heavy atom. The molecule has 0 spiro atoms. The molecule has 0 aromatic heterocycles. The number of hydrogen-bond donors (Lipinski definition) is 0. The zero-order valence-electron chi connectivity index (χ0n) is 15.4. The first-order valence-corrected chi connectivity index (χ1v) is 8.75. The molecule has 3 saturated heterocycles. The van der Waals surface area contributed by atoms with Crippen LogP contribution in [0.2, 0.25) is 0 Å². The number of methoxy groups -OCH3 is 1. The first-order valence-electron chi connectivity index (χ1n) is 8.75. The fourth-order valence-corrected chi connectivity index (χ4v) is 3.87. The molecule has 0 amide bonds. The van der Waals surface area contributed by atoms with Crippen molar-refractivity contribution in [1.29, 1.82) is 0 Å². The average Bonchev–Trinajstić information content (AvgIpc) is 3.17. The topological polar surface area (TPSA) is 55.4 Å². The van der Waals surface area contributed by atoms with Crippen LogP contribution < -0.4 is 4.74 Å². The molecule has 3 fully saturated rings. The minimum absolute atomic E-state index is 0.178. The third kappa shape index (κ3) is 3.17. The van der Waals surface area contributed by atoms with Crippen LogP contribution in [0.5, 0.6) is 5.75 Å². The van der Waals surface area contributed by atoms with E-state index in [0.717, 1.165) is 11.3 Å². The highest BCUT2D eigenvalue weighted by Crippen LogP contribution is 2.47. The molecule has 3 aliphatic heterocycles. The molecule has 5 atom stereocenters. The zero-order chi connectivity index (χ0) is 17.8. The molecule has 0 saturated carbocycles. The highest BCUT2D eigenvalue weighted by Gasteiger charge is 2.59. The van der Waals surface area contributed by atoms with Crippen LogP contribution in [0.3, 0.4) is 0 Å². The lowest BCUT2D eigenvalue weighted by molar-refractivity contribution is -0.207. The summed E-state index contributed by atoms with van der Waals surface area (Å²) in [7, 11) is 1.66. The fourth-order valence-electron chi connectivity index (χ4n) is 3.87. The van der Waals surface area contributed by atoms with Gasteiger partial charge in [0.25, 0.3) is 0 Å². The Morgan fingerprint density at radius 3 is 2.16 bits per heavy atom. The number of ether oxygens (including phenoxy) is 6. The van der Waals surface area contributed by atoms with E-state index in [0.29, 0.717) is 6.61 Å². The fraction of sp³-hybridized carbons (Fsp3) is 0.684. The number of fused-ring (bicyclic) bond motifs is 1. The van der Waals surface area contributed by atoms with Gasteiger partial charge in [-0.2, -0.15) is 0 Å². The van der Waals surface area contributed by atoms with E-state index in [1.807, 2.05) is 52.0 Å². The maximum absolute atomic E-state index is 6.36. The van der Waals surface area contributed by atoms with Gasteiger partial charge in [0, 0.05) is 0 Å². The lowest BCUT2D eigenvalue weighted by atomic mass is 10.00. The van der Waals surface area contributed by atoms with Gasteiger partial charge in [0.1, 0.15) is 36.3 Å². The summed E-state index contributed by atoms with van der Waals surface area (Å²) in [5.74, 6) is -0.429. The quantitative estimate of drug-likeness (QED) is 0.836. The normalized spacial score (nSPS) is 38.7. The van der Waals surface area contributed by atoms with Crippen LogP contribution in [-0.4, -0.2) is 49.7 Å². The molecule has 0 bridgehead atoms. The van der Waals surface area contributed by atoms with E-state index < -0.39 is 11.6 Å². The Morgan fingerprint density at radius 1 is 0.880 bits per heavy atom. The molecule has 0 radical (unpaired) electrons. The predicted octanol–water partition coefficient (Wildman–Crippen LogP) is 2.81. The highest BCUT2D eigenvalue weighted by molar-refractivity contribution is 5.30. The number of rotatable bonds is 3. The van der Waals surface area contributed by atoms with Crippen molar-refractivity contribution in [2.24, 2.45) is 0 Å². The van der Waals surface area contributed by atoms with Crippen LogP contribution in [0.1, 0.15) is 39.4 Å². The van der Waals surface area contributed by atoms with Gasteiger partial charge in [0.15, 0.2) is 11.6 Å². The van der Waals surface area contributed by atoms with Crippen molar-refractivity contribution < 1.29 is 28.4 Å². The standard InChI is InChI=1S/C19H26O6/c1-18(2)21-10-13(23-18)15-17-16(24-19(3,4)25-17)14(22-15)11-6-8-12(20-5)9-7-11/h6-9,13-17H,10H2,1-5H3/t13-,14-,15-,16-,17+/m1/s1. The molecule has 3 heterocycles. The smallest absolute Gasteiger partial charge is 0.164 e. The molecule has 3 aliphatic rings. The van der Waals surface area contributed by atoms with Crippen molar-refractivity contribution in [3.05, 3.63) is 29.8 Å². The molecule has 6 heteroatoms. The van der Waals surface area contributed by atoms with E-state index in [9.17, 15) is 0 Å². The summed E-state index contributed by atoms with van der Waals surface area (Å²) < 4.78 is 35.7. The minimum atomic E-state index is -0.642. The minimum Gasteiger partial charge on any atom is -0.497 e. The molecule has 0 unspecified atom stereocenters. The second-order valence-electron chi connectivity index (χ2n) is 7.73. The lowest BCUT2D eigenvalue weighted by Gasteiger charge is -2.27. The van der Waals surface area contributed by atoms with Crippen LogP contribution in [0, 0.1) is 0 Å². The summed E-state index contributed by atoms with van der Waals surface area (Å²) in [5.41, 5.74) is 1.04. The molecule has 4 rings (SSSR count). The van der Waals surface area contributed by atoms with Crippen LogP contribution >= 0.6 is 0 Å². The van der Waals surface area contributed by atoms with Crippen LogP contribution in [-0.2, 0) is 23.7 Å². The van der Waals surface area contributed by atoms with E-state index in [-0.39, 0.29) is 30.5 Å². The van der Waals surface area contributed by atoms with Crippen LogP contribution in [0.15, 0.2) is 24.3 Å². The maximum Gasteiger partial charge on any atom is 0.164 e. The third-order valence-electron chi connectivity index (χ3n) is 4.93. The highest BCUT2D eigenvalue weighted by atomic mass is 16.8. The zero-order valence-corrected chi connectivity index (χ0v) is 15.4. The molecular formula is C19H26O6. The SMILES string of the molecule is COc1ccc([C@H]2O[C@H]([C@H]3COC(C)(C)O3)[C@@H]3OC(C)(C)O[C@@H]32)cc1. The van der Waals surface area contributed by atoms with Crippen molar-refractivity contribution in [1.82, 2.24) is 0 Å². The molecule has 138 valence electrons. The summed E-state index contributed by atoms with van der Waals surface area (Å²) in [6.07, 6.45) is -0.996. The van der Waals surface area contributed by atoms with Crippen molar-refractivity contribution in [2.45, 2.75) is 69.8 Å². The summed E-state index contributed by atoms with van der Waals surface area (Å²) in [6.45, 7) is 8.18. The summed E-state index contributed by atoms with van der Waals surface area (Å²) >= 11 is 0. The van der Waals surface area contributed by atoms with Crippen LogP contribution in [0.4, 0.5) is 0 Å². The molecule has 0 N–H and O–H groups in total. The third-order valence-corrected chi connectivity index (χ3v) is 4.93. The van der Waals surface area contributed by atoms with Gasteiger partial charge in [-0.05, 0) is 45.4 Å². The van der Waals surface area contributed by atoms with E-state index in [4.69, 9.17) is 28.4 Å². The Kier molecular flexibility index (Phi) is 4.09. The molecule has 1 aromatic rings. The van der Waals surface area contributed by atoms with Gasteiger partial charge < -0.3 is 28.4 Å². The van der Waals surface area contributed by atoms with Crippen LogP contribution in [0.25, 0.3) is 0 Å². The van der Waals surface area contributed by atoms with Gasteiger partial charge >= 0.3 is 0 Å². The average molecular weight is 350 g/mol. The largest absolute Gasteiger partial charge is 0.497 e. The van der Waals surface area contributed by atoms with Crippen molar-refractivity contribution in [3.63, 3.8) is 0 Å². The van der Waals surface area contributed by atoms with E-state index in [1.165, 1.54) is 0 Å². The Labute approximate surface area is 148 Å². The van der Waals surface area contributed by atoms with E-state index in [1.54, 1.807) is 7.11 Å². The molecular weight excluding hydrogens is 324 g/mol. The summed E-state index contributed by atoms with van der Waals surface area (Å²) in [4.78, 5) is 0. The van der Waals surface area contributed by atoms with Gasteiger partial charge in [-0.3, -0.25) is 0 Å². The van der Waals surface area contributed by atoms with Crippen molar-refractivity contribution >= 4 is 0 Å². The van der Waals surface area contributed by atoms with E-state index >= 15 is 0 Å². The second-order valence-corrected chi connectivity index (χ2v) is 7.73. The van der Waals surface area contributed by atoms with Gasteiger partial charge in [-0.15, -0.1) is 0 Å². The van der Waals surface area contributed by atoms with E-state index in [2.05, 4.69) is 0 Å². The van der Waals surface area contributed by atoms with Gasteiger partial charge in [0.2, 0.25) is 0 Å². The molecule has 1 aromatic carbocycles. The first-order chi connectivity index (χ1) is 11.8. The number of benzene rings is 1.